The van der Waals surface area contributed by atoms with Gasteiger partial charge in [-0.2, -0.15) is 0 Å². The van der Waals surface area contributed by atoms with Crippen molar-refractivity contribution < 1.29 is 9.50 Å². The van der Waals surface area contributed by atoms with E-state index in [-0.39, 0.29) is 12.4 Å². The molecule has 0 spiro atoms. The van der Waals surface area contributed by atoms with Gasteiger partial charge in [-0.1, -0.05) is 0 Å². The Morgan fingerprint density at radius 2 is 2.21 bits per heavy atom. The fourth-order valence-electron chi connectivity index (χ4n) is 1.80. The Morgan fingerprint density at radius 3 is 2.93 bits per heavy atom. The molecule has 74 valence electrons. The second kappa shape index (κ2) is 3.42. The molecule has 0 aliphatic rings. The number of aliphatic hydroxyl groups excluding tert-OH is 1. The molecule has 0 unspecified atom stereocenters. The van der Waals surface area contributed by atoms with Crippen molar-refractivity contribution in [2.75, 3.05) is 6.61 Å². The molecule has 0 saturated carbocycles. The molecule has 14 heavy (non-hydrogen) atoms. The highest BCUT2D eigenvalue weighted by atomic mass is 19.1. The highest BCUT2D eigenvalue weighted by Crippen LogP contribution is 2.22. The number of hydrogen-bond donors (Lipinski definition) is 2. The number of aliphatic hydroxyl groups is 1. The van der Waals surface area contributed by atoms with Crippen molar-refractivity contribution in [3.05, 3.63) is 35.3 Å². The molecule has 0 fully saturated rings. The Kier molecular flexibility index (Phi) is 2.25. The average Bonchev–Trinajstić information content (AvgIpc) is 2.43. The first-order valence-corrected chi connectivity index (χ1v) is 4.60. The number of halogens is 1. The Balaban J connectivity index is 2.64. The molecule has 0 saturated heterocycles. The number of nitrogens with one attached hydrogen (secondary N) is 1. The zero-order chi connectivity index (χ0) is 10.1. The second-order valence-electron chi connectivity index (χ2n) is 3.39. The predicted molar refractivity (Wildman–Crippen MR) is 53.8 cm³/mol. The van der Waals surface area contributed by atoms with Gasteiger partial charge in [0.25, 0.3) is 0 Å². The van der Waals surface area contributed by atoms with Gasteiger partial charge in [0.15, 0.2) is 0 Å². The van der Waals surface area contributed by atoms with E-state index in [2.05, 4.69) is 4.98 Å². The lowest BCUT2D eigenvalue weighted by molar-refractivity contribution is 0.300. The van der Waals surface area contributed by atoms with Crippen LogP contribution in [0.2, 0.25) is 0 Å². The van der Waals surface area contributed by atoms with Crippen LogP contribution in [-0.2, 0) is 6.42 Å². The molecule has 1 aromatic heterocycles. The molecule has 0 atom stereocenters. The summed E-state index contributed by atoms with van der Waals surface area (Å²) in [5, 5.41) is 9.89. The second-order valence-corrected chi connectivity index (χ2v) is 3.39. The molecule has 2 rings (SSSR count). The predicted octanol–water partition coefficient (Wildman–Crippen LogP) is 2.15. The van der Waals surface area contributed by atoms with Gasteiger partial charge in [0.05, 0.1) is 0 Å². The van der Waals surface area contributed by atoms with Crippen molar-refractivity contribution in [2.24, 2.45) is 0 Å². The highest BCUT2D eigenvalue weighted by Gasteiger charge is 2.07. The lowest BCUT2D eigenvalue weighted by Gasteiger charge is -1.97. The summed E-state index contributed by atoms with van der Waals surface area (Å²) < 4.78 is 12.9. The van der Waals surface area contributed by atoms with Crippen molar-refractivity contribution in [3.63, 3.8) is 0 Å². The maximum Gasteiger partial charge on any atom is 0.125 e. The van der Waals surface area contributed by atoms with Gasteiger partial charge in [-0.05, 0) is 37.1 Å². The summed E-state index contributed by atoms with van der Waals surface area (Å²) >= 11 is 0. The third-order valence-corrected chi connectivity index (χ3v) is 2.44. The van der Waals surface area contributed by atoms with E-state index >= 15 is 0 Å². The molecular weight excluding hydrogens is 181 g/mol. The van der Waals surface area contributed by atoms with Crippen molar-refractivity contribution in [3.8, 4) is 0 Å². The van der Waals surface area contributed by atoms with Crippen LogP contribution in [0, 0.1) is 12.7 Å². The van der Waals surface area contributed by atoms with Crippen LogP contribution >= 0.6 is 0 Å². The van der Waals surface area contributed by atoms with Crippen LogP contribution in [0.5, 0.6) is 0 Å². The third-order valence-electron chi connectivity index (χ3n) is 2.44. The molecule has 1 heterocycles. The van der Waals surface area contributed by atoms with Crippen LogP contribution in [0.1, 0.15) is 11.3 Å². The molecule has 2 aromatic rings. The van der Waals surface area contributed by atoms with Gasteiger partial charge >= 0.3 is 0 Å². The van der Waals surface area contributed by atoms with Crippen molar-refractivity contribution in [2.45, 2.75) is 13.3 Å². The smallest absolute Gasteiger partial charge is 0.125 e. The molecule has 0 amide bonds. The normalized spacial score (nSPS) is 11.1. The molecule has 0 aliphatic carbocycles. The first-order valence-electron chi connectivity index (χ1n) is 4.60. The van der Waals surface area contributed by atoms with Gasteiger partial charge in [0.1, 0.15) is 5.82 Å². The molecule has 1 aromatic carbocycles. The number of aryl methyl sites for hydroxylation is 1. The van der Waals surface area contributed by atoms with Gasteiger partial charge in [-0.15, -0.1) is 0 Å². The summed E-state index contributed by atoms with van der Waals surface area (Å²) in [7, 11) is 0. The molecule has 0 bridgehead atoms. The summed E-state index contributed by atoms with van der Waals surface area (Å²) in [5.74, 6) is -0.241. The zero-order valence-corrected chi connectivity index (χ0v) is 7.97. The van der Waals surface area contributed by atoms with Crippen LogP contribution in [-0.4, -0.2) is 16.7 Å². The highest BCUT2D eigenvalue weighted by molar-refractivity contribution is 5.84. The molecule has 2 N–H and O–H groups in total. The lowest BCUT2D eigenvalue weighted by atomic mass is 10.1. The summed E-state index contributed by atoms with van der Waals surface area (Å²) in [6, 6.07) is 4.67. The van der Waals surface area contributed by atoms with Crippen LogP contribution in [0.25, 0.3) is 10.9 Å². The topological polar surface area (TPSA) is 36.0 Å². The maximum absolute atomic E-state index is 12.9. The van der Waals surface area contributed by atoms with Crippen molar-refractivity contribution in [1.82, 2.24) is 4.98 Å². The monoisotopic (exact) mass is 193 g/mol. The van der Waals surface area contributed by atoms with Gasteiger partial charge < -0.3 is 10.1 Å². The maximum atomic E-state index is 12.9. The number of aromatic nitrogens is 1. The molecule has 0 aliphatic heterocycles. The number of rotatable bonds is 2. The Morgan fingerprint density at radius 1 is 1.43 bits per heavy atom. The van der Waals surface area contributed by atoms with Gasteiger partial charge in [-0.25, -0.2) is 4.39 Å². The van der Waals surface area contributed by atoms with E-state index in [1.807, 2.05) is 6.92 Å². The van der Waals surface area contributed by atoms with E-state index in [1.54, 1.807) is 6.07 Å². The van der Waals surface area contributed by atoms with Gasteiger partial charge in [0.2, 0.25) is 0 Å². The summed E-state index contributed by atoms with van der Waals surface area (Å²) in [4.78, 5) is 3.10. The standard InChI is InChI=1S/C11H12FNO/c1-7-9(4-5-14)10-3-2-8(12)6-11(10)13-7/h2-3,6,13-14H,4-5H2,1H3. The van der Waals surface area contributed by atoms with Crippen LogP contribution < -0.4 is 0 Å². The molecule has 2 nitrogen and oxygen atoms in total. The molecular formula is C11H12FNO. The fraction of sp³-hybridized carbons (Fsp3) is 0.273. The average molecular weight is 193 g/mol. The van der Waals surface area contributed by atoms with E-state index in [1.165, 1.54) is 12.1 Å². The fourth-order valence-corrected chi connectivity index (χ4v) is 1.80. The van der Waals surface area contributed by atoms with Crippen molar-refractivity contribution in [1.29, 1.82) is 0 Å². The number of benzene rings is 1. The Labute approximate surface area is 81.4 Å². The van der Waals surface area contributed by atoms with Crippen LogP contribution in [0.3, 0.4) is 0 Å². The van der Waals surface area contributed by atoms with Gasteiger partial charge in [0, 0.05) is 23.2 Å². The zero-order valence-electron chi connectivity index (χ0n) is 7.97. The third kappa shape index (κ3) is 1.40. The quantitative estimate of drug-likeness (QED) is 0.753. The molecule has 0 radical (unpaired) electrons. The minimum atomic E-state index is -0.241. The minimum Gasteiger partial charge on any atom is -0.396 e. The number of hydrogen-bond acceptors (Lipinski definition) is 1. The lowest BCUT2D eigenvalue weighted by Crippen LogP contribution is -1.91. The van der Waals surface area contributed by atoms with Gasteiger partial charge in [-0.3, -0.25) is 0 Å². The number of fused-ring (bicyclic) bond motifs is 1. The first kappa shape index (κ1) is 9.21. The summed E-state index contributed by atoms with van der Waals surface area (Å²) in [6.45, 7) is 2.05. The van der Waals surface area contributed by atoms with Crippen molar-refractivity contribution >= 4 is 10.9 Å². The first-order chi connectivity index (χ1) is 6.72. The van der Waals surface area contributed by atoms with E-state index in [0.29, 0.717) is 6.42 Å². The van der Waals surface area contributed by atoms with E-state index < -0.39 is 0 Å². The van der Waals surface area contributed by atoms with Crippen LogP contribution in [0.4, 0.5) is 4.39 Å². The van der Waals surface area contributed by atoms with Crippen LogP contribution in [0.15, 0.2) is 18.2 Å². The Bertz CT molecular complexity index is 462. The van der Waals surface area contributed by atoms with E-state index in [0.717, 1.165) is 22.2 Å². The summed E-state index contributed by atoms with van der Waals surface area (Å²) in [6.07, 6.45) is 0.609. The number of H-pyrrole nitrogens is 1. The number of aromatic amines is 1. The molecule has 3 heteroatoms. The van der Waals surface area contributed by atoms with E-state index in [9.17, 15) is 4.39 Å². The largest absolute Gasteiger partial charge is 0.396 e. The summed E-state index contributed by atoms with van der Waals surface area (Å²) in [5.41, 5.74) is 2.87. The minimum absolute atomic E-state index is 0.116. The van der Waals surface area contributed by atoms with E-state index in [4.69, 9.17) is 5.11 Å². The Hall–Kier alpha value is -1.35. The SMILES string of the molecule is Cc1[nH]c2cc(F)ccc2c1CCO.